The molecule has 144 valence electrons. The normalized spacial score (nSPS) is 16.8. The van der Waals surface area contributed by atoms with Gasteiger partial charge in [-0.05, 0) is 49.6 Å². The fourth-order valence-corrected chi connectivity index (χ4v) is 3.63. The zero-order valence-electron chi connectivity index (χ0n) is 16.0. The van der Waals surface area contributed by atoms with Crippen LogP contribution in [0.4, 0.5) is 5.82 Å². The van der Waals surface area contributed by atoms with Gasteiger partial charge in [0, 0.05) is 18.7 Å². The van der Waals surface area contributed by atoms with Crippen molar-refractivity contribution in [1.29, 1.82) is 0 Å². The summed E-state index contributed by atoms with van der Waals surface area (Å²) in [5.41, 5.74) is 3.14. The van der Waals surface area contributed by atoms with Gasteiger partial charge in [0.1, 0.15) is 5.76 Å². The monoisotopic (exact) mass is 376 g/mol. The highest BCUT2D eigenvalue weighted by atomic mass is 16.3. The fraction of sp³-hybridized carbons (Fsp3) is 0.318. The lowest BCUT2D eigenvalue weighted by Gasteiger charge is -2.32. The van der Waals surface area contributed by atoms with Gasteiger partial charge in [-0.25, -0.2) is 0 Å². The first kappa shape index (κ1) is 18.2. The standard InChI is InChI=1S/C22H24N4O2/c1-16-6-2-3-9-19(16)20-10-11-21(25-24-20)26-12-4-7-17(15-26)22(27)23-14-18-8-5-13-28-18/h2-3,5-6,8-11,13,17H,4,7,12,14-15H2,1H3,(H,23,27). The molecule has 0 bridgehead atoms. The van der Waals surface area contributed by atoms with Crippen LogP contribution in [0.1, 0.15) is 24.2 Å². The second kappa shape index (κ2) is 8.25. The zero-order valence-corrected chi connectivity index (χ0v) is 16.0. The highest BCUT2D eigenvalue weighted by Gasteiger charge is 2.26. The highest BCUT2D eigenvalue weighted by molar-refractivity contribution is 5.79. The van der Waals surface area contributed by atoms with E-state index in [2.05, 4.69) is 39.5 Å². The Hall–Kier alpha value is -3.15. The van der Waals surface area contributed by atoms with Gasteiger partial charge in [-0.2, -0.15) is 0 Å². The lowest BCUT2D eigenvalue weighted by atomic mass is 9.97. The van der Waals surface area contributed by atoms with E-state index in [-0.39, 0.29) is 11.8 Å². The van der Waals surface area contributed by atoms with Gasteiger partial charge in [-0.15, -0.1) is 10.2 Å². The number of piperidine rings is 1. The van der Waals surface area contributed by atoms with E-state index >= 15 is 0 Å². The van der Waals surface area contributed by atoms with Crippen molar-refractivity contribution in [3.63, 3.8) is 0 Å². The Morgan fingerprint density at radius 1 is 1.18 bits per heavy atom. The molecule has 4 rings (SSSR count). The lowest BCUT2D eigenvalue weighted by Crippen LogP contribution is -2.43. The molecule has 0 aliphatic carbocycles. The van der Waals surface area contributed by atoms with Crippen LogP contribution in [-0.4, -0.2) is 29.2 Å². The Labute approximate surface area is 164 Å². The van der Waals surface area contributed by atoms with E-state index in [1.165, 1.54) is 5.56 Å². The summed E-state index contributed by atoms with van der Waals surface area (Å²) >= 11 is 0. The summed E-state index contributed by atoms with van der Waals surface area (Å²) in [6, 6.07) is 15.8. The van der Waals surface area contributed by atoms with Gasteiger partial charge in [-0.1, -0.05) is 24.3 Å². The maximum atomic E-state index is 12.5. The van der Waals surface area contributed by atoms with Gasteiger partial charge < -0.3 is 14.6 Å². The molecule has 1 fully saturated rings. The van der Waals surface area contributed by atoms with Crippen LogP contribution in [-0.2, 0) is 11.3 Å². The summed E-state index contributed by atoms with van der Waals surface area (Å²) in [5.74, 6) is 1.59. The number of rotatable bonds is 5. The van der Waals surface area contributed by atoms with Crippen LogP contribution in [0, 0.1) is 12.8 Å². The fourth-order valence-electron chi connectivity index (χ4n) is 3.63. The predicted molar refractivity (Wildman–Crippen MR) is 108 cm³/mol. The smallest absolute Gasteiger partial charge is 0.225 e. The number of hydrogen-bond acceptors (Lipinski definition) is 5. The molecule has 3 aromatic rings. The maximum Gasteiger partial charge on any atom is 0.225 e. The summed E-state index contributed by atoms with van der Waals surface area (Å²) in [7, 11) is 0. The number of carbonyl (C=O) groups excluding carboxylic acids is 1. The first-order valence-corrected chi connectivity index (χ1v) is 9.65. The minimum Gasteiger partial charge on any atom is -0.467 e. The highest BCUT2D eigenvalue weighted by Crippen LogP contribution is 2.25. The number of aromatic nitrogens is 2. The van der Waals surface area contributed by atoms with Gasteiger partial charge in [0.05, 0.1) is 24.4 Å². The van der Waals surface area contributed by atoms with Gasteiger partial charge in [0.2, 0.25) is 5.91 Å². The molecule has 1 aliphatic heterocycles. The predicted octanol–water partition coefficient (Wildman–Crippen LogP) is 3.58. The van der Waals surface area contributed by atoms with Crippen molar-refractivity contribution in [1.82, 2.24) is 15.5 Å². The van der Waals surface area contributed by atoms with Crippen molar-refractivity contribution in [2.24, 2.45) is 5.92 Å². The molecule has 0 spiro atoms. The minimum absolute atomic E-state index is 0.0541. The average Bonchev–Trinajstić information content (AvgIpc) is 3.26. The number of carbonyl (C=O) groups is 1. The molecule has 1 aromatic carbocycles. The number of anilines is 1. The summed E-state index contributed by atoms with van der Waals surface area (Å²) < 4.78 is 5.27. The number of benzene rings is 1. The van der Waals surface area contributed by atoms with Gasteiger partial charge in [0.25, 0.3) is 0 Å². The Bertz CT molecular complexity index is 922. The first-order valence-electron chi connectivity index (χ1n) is 9.65. The lowest BCUT2D eigenvalue weighted by molar-refractivity contribution is -0.125. The average molecular weight is 376 g/mol. The molecule has 0 saturated carbocycles. The van der Waals surface area contributed by atoms with Crippen LogP contribution in [0.25, 0.3) is 11.3 Å². The van der Waals surface area contributed by atoms with Crippen molar-refractivity contribution in [3.8, 4) is 11.3 Å². The number of nitrogens with one attached hydrogen (secondary N) is 1. The minimum atomic E-state index is -0.0541. The van der Waals surface area contributed by atoms with Gasteiger partial charge in [-0.3, -0.25) is 4.79 Å². The van der Waals surface area contributed by atoms with E-state index in [4.69, 9.17) is 4.42 Å². The number of nitrogens with zero attached hydrogens (tertiary/aromatic N) is 3. The molecule has 1 saturated heterocycles. The quantitative estimate of drug-likeness (QED) is 0.737. The SMILES string of the molecule is Cc1ccccc1-c1ccc(N2CCCC(C(=O)NCc3ccco3)C2)nn1. The third-order valence-electron chi connectivity index (χ3n) is 5.20. The molecular formula is C22H24N4O2. The summed E-state index contributed by atoms with van der Waals surface area (Å²) in [6.45, 7) is 4.04. The summed E-state index contributed by atoms with van der Waals surface area (Å²) in [4.78, 5) is 14.7. The molecule has 28 heavy (non-hydrogen) atoms. The maximum absolute atomic E-state index is 12.5. The second-order valence-electron chi connectivity index (χ2n) is 7.17. The number of amides is 1. The Morgan fingerprint density at radius 3 is 2.82 bits per heavy atom. The van der Waals surface area contributed by atoms with Gasteiger partial charge >= 0.3 is 0 Å². The summed E-state index contributed by atoms with van der Waals surface area (Å²) in [5, 5.41) is 11.8. The molecule has 6 nitrogen and oxygen atoms in total. The molecule has 3 heterocycles. The number of hydrogen-bond donors (Lipinski definition) is 1. The molecule has 1 unspecified atom stereocenters. The third kappa shape index (κ3) is 4.06. The van der Waals surface area contributed by atoms with E-state index in [0.29, 0.717) is 13.1 Å². The Balaban J connectivity index is 1.40. The van der Waals surface area contributed by atoms with Crippen LogP contribution in [0.3, 0.4) is 0 Å². The molecule has 6 heteroatoms. The van der Waals surface area contributed by atoms with Crippen molar-refractivity contribution >= 4 is 11.7 Å². The molecule has 0 radical (unpaired) electrons. The van der Waals surface area contributed by atoms with Crippen LogP contribution < -0.4 is 10.2 Å². The van der Waals surface area contributed by atoms with Crippen LogP contribution in [0.15, 0.2) is 59.2 Å². The first-order chi connectivity index (χ1) is 13.7. The third-order valence-corrected chi connectivity index (χ3v) is 5.20. The Kier molecular flexibility index (Phi) is 5.37. The van der Waals surface area contributed by atoms with Crippen LogP contribution >= 0.6 is 0 Å². The van der Waals surface area contributed by atoms with Crippen LogP contribution in [0.5, 0.6) is 0 Å². The van der Waals surface area contributed by atoms with E-state index in [1.54, 1.807) is 6.26 Å². The van der Waals surface area contributed by atoms with Crippen LogP contribution in [0.2, 0.25) is 0 Å². The summed E-state index contributed by atoms with van der Waals surface area (Å²) in [6.07, 6.45) is 3.46. The number of aryl methyl sites for hydroxylation is 1. The molecule has 2 aromatic heterocycles. The second-order valence-corrected chi connectivity index (χ2v) is 7.17. The van der Waals surface area contributed by atoms with Crippen molar-refractivity contribution < 1.29 is 9.21 Å². The van der Waals surface area contributed by atoms with Crippen molar-refractivity contribution in [3.05, 3.63) is 66.1 Å². The molecule has 1 N–H and O–H groups in total. The molecule has 1 atom stereocenters. The van der Waals surface area contributed by atoms with Crippen molar-refractivity contribution in [2.75, 3.05) is 18.0 Å². The topological polar surface area (TPSA) is 71.3 Å². The largest absolute Gasteiger partial charge is 0.467 e. The zero-order chi connectivity index (χ0) is 19.3. The molecule has 1 aliphatic rings. The molecular weight excluding hydrogens is 352 g/mol. The van der Waals surface area contributed by atoms with E-state index in [9.17, 15) is 4.79 Å². The van der Waals surface area contributed by atoms with Crippen molar-refractivity contribution in [2.45, 2.75) is 26.3 Å². The van der Waals surface area contributed by atoms with E-state index in [0.717, 1.165) is 42.2 Å². The van der Waals surface area contributed by atoms with E-state index in [1.807, 2.05) is 36.4 Å². The van der Waals surface area contributed by atoms with Gasteiger partial charge in [0.15, 0.2) is 5.82 Å². The number of furan rings is 1. The molecule has 1 amide bonds. The van der Waals surface area contributed by atoms with E-state index < -0.39 is 0 Å². The Morgan fingerprint density at radius 2 is 2.07 bits per heavy atom.